The Morgan fingerprint density at radius 2 is 1.50 bits per heavy atom. The van der Waals surface area contributed by atoms with Crippen molar-refractivity contribution in [3.8, 4) is 11.8 Å². The van der Waals surface area contributed by atoms with E-state index >= 15 is 0 Å². The van der Waals surface area contributed by atoms with Crippen LogP contribution in [0.1, 0.15) is 16.7 Å². The summed E-state index contributed by atoms with van der Waals surface area (Å²) in [6.07, 6.45) is -4.74. The molecular formula is C15H10F3N3O. The first-order chi connectivity index (χ1) is 10.4. The van der Waals surface area contributed by atoms with Crippen molar-refractivity contribution < 1.29 is 17.9 Å². The van der Waals surface area contributed by atoms with E-state index in [4.69, 9.17) is 11.1 Å². The van der Waals surface area contributed by atoms with Gasteiger partial charge in [0, 0.05) is 11.1 Å². The van der Waals surface area contributed by atoms with Gasteiger partial charge < -0.3 is 10.6 Å². The van der Waals surface area contributed by atoms with Crippen molar-refractivity contribution in [1.82, 2.24) is 0 Å². The van der Waals surface area contributed by atoms with Crippen LogP contribution in [0.3, 0.4) is 0 Å². The first-order valence-corrected chi connectivity index (χ1v) is 6.07. The van der Waals surface area contributed by atoms with Crippen LogP contribution in [0.25, 0.3) is 0 Å². The third kappa shape index (κ3) is 3.76. The van der Waals surface area contributed by atoms with Crippen LogP contribution in [0.15, 0.2) is 53.6 Å². The molecule has 2 aromatic carbocycles. The van der Waals surface area contributed by atoms with E-state index in [1.165, 1.54) is 24.3 Å². The van der Waals surface area contributed by atoms with E-state index in [0.29, 0.717) is 22.4 Å². The molecule has 0 saturated carbocycles. The molecular weight excluding hydrogens is 295 g/mol. The molecule has 22 heavy (non-hydrogen) atoms. The third-order valence-electron chi connectivity index (χ3n) is 2.78. The van der Waals surface area contributed by atoms with Gasteiger partial charge in [0.2, 0.25) is 0 Å². The minimum absolute atomic E-state index is 0.326. The normalized spacial score (nSPS) is 11.8. The summed E-state index contributed by atoms with van der Waals surface area (Å²) in [6.45, 7) is 0. The third-order valence-corrected chi connectivity index (χ3v) is 2.78. The average molecular weight is 305 g/mol. The lowest BCUT2D eigenvalue weighted by Gasteiger charge is -2.10. The number of nitrogens with two attached hydrogens (primary N) is 1. The van der Waals surface area contributed by atoms with Gasteiger partial charge in [0.05, 0.1) is 17.3 Å². The van der Waals surface area contributed by atoms with E-state index in [1.54, 1.807) is 24.3 Å². The highest BCUT2D eigenvalue weighted by Crippen LogP contribution is 2.23. The van der Waals surface area contributed by atoms with Crippen molar-refractivity contribution in [2.24, 2.45) is 10.9 Å². The van der Waals surface area contributed by atoms with Gasteiger partial charge in [-0.25, -0.2) is 0 Å². The Morgan fingerprint density at radius 3 is 1.91 bits per heavy atom. The summed E-state index contributed by atoms with van der Waals surface area (Å²) in [5.41, 5.74) is 2.05. The Balaban J connectivity index is 2.26. The van der Waals surface area contributed by atoms with Crippen molar-refractivity contribution in [3.63, 3.8) is 0 Å². The van der Waals surface area contributed by atoms with E-state index in [1.807, 2.05) is 6.07 Å². The smallest absolute Gasteiger partial charge is 0.406 e. The zero-order chi connectivity index (χ0) is 16.2. The summed E-state index contributed by atoms with van der Waals surface area (Å²) in [6, 6.07) is 13.7. The average Bonchev–Trinajstić information content (AvgIpc) is 2.49. The first-order valence-electron chi connectivity index (χ1n) is 6.07. The van der Waals surface area contributed by atoms with Crippen LogP contribution in [0.2, 0.25) is 0 Å². The van der Waals surface area contributed by atoms with Crippen molar-refractivity contribution in [2.45, 2.75) is 6.36 Å². The van der Waals surface area contributed by atoms with Crippen LogP contribution < -0.4 is 10.6 Å². The Kier molecular flexibility index (Phi) is 4.32. The van der Waals surface area contributed by atoms with Gasteiger partial charge in [-0.15, -0.1) is 13.2 Å². The van der Waals surface area contributed by atoms with Crippen LogP contribution in [0.5, 0.6) is 5.75 Å². The molecule has 7 heteroatoms. The summed E-state index contributed by atoms with van der Waals surface area (Å²) < 4.78 is 40.1. The van der Waals surface area contributed by atoms with E-state index in [-0.39, 0.29) is 5.75 Å². The van der Waals surface area contributed by atoms with Crippen molar-refractivity contribution >= 4 is 5.71 Å². The summed E-state index contributed by atoms with van der Waals surface area (Å²) in [5, 5.41) is 12.4. The van der Waals surface area contributed by atoms with Gasteiger partial charge in [0.15, 0.2) is 0 Å². The predicted octanol–water partition coefficient (Wildman–Crippen LogP) is 3.17. The molecule has 112 valence electrons. The second kappa shape index (κ2) is 6.18. The molecule has 0 spiro atoms. The van der Waals surface area contributed by atoms with Gasteiger partial charge in [0.1, 0.15) is 5.75 Å². The van der Waals surface area contributed by atoms with Gasteiger partial charge in [-0.1, -0.05) is 12.1 Å². The molecule has 0 bridgehead atoms. The van der Waals surface area contributed by atoms with Gasteiger partial charge in [-0.3, -0.25) is 0 Å². The molecule has 0 saturated heterocycles. The number of ether oxygens (including phenoxy) is 1. The van der Waals surface area contributed by atoms with Crippen molar-refractivity contribution in [1.29, 1.82) is 5.26 Å². The number of nitrogens with zero attached hydrogens (tertiary/aromatic N) is 2. The minimum Gasteiger partial charge on any atom is -0.406 e. The maximum Gasteiger partial charge on any atom is 0.573 e. The summed E-state index contributed by atoms with van der Waals surface area (Å²) >= 11 is 0. The highest BCUT2D eigenvalue weighted by Gasteiger charge is 2.31. The van der Waals surface area contributed by atoms with E-state index in [9.17, 15) is 13.2 Å². The molecule has 0 radical (unpaired) electrons. The lowest BCUT2D eigenvalue weighted by molar-refractivity contribution is -0.274. The zero-order valence-electron chi connectivity index (χ0n) is 11.1. The molecule has 4 nitrogen and oxygen atoms in total. The standard InChI is InChI=1S/C15H10F3N3O/c16-15(17,18)22-13-7-5-12(6-8-13)14(21-20)11-3-1-10(9-19)2-4-11/h1-8H,20H2/b21-14+. The molecule has 0 aliphatic heterocycles. The summed E-state index contributed by atoms with van der Waals surface area (Å²) in [7, 11) is 0. The lowest BCUT2D eigenvalue weighted by atomic mass is 10.0. The molecule has 0 aliphatic carbocycles. The fourth-order valence-electron chi connectivity index (χ4n) is 1.83. The molecule has 2 aromatic rings. The van der Waals surface area contributed by atoms with Crippen molar-refractivity contribution in [2.75, 3.05) is 0 Å². The van der Waals surface area contributed by atoms with Gasteiger partial charge >= 0.3 is 6.36 Å². The van der Waals surface area contributed by atoms with Gasteiger partial charge in [0.25, 0.3) is 0 Å². The fraction of sp³-hybridized carbons (Fsp3) is 0.0667. The first kappa shape index (κ1) is 15.4. The lowest BCUT2D eigenvalue weighted by Crippen LogP contribution is -2.17. The molecule has 0 unspecified atom stereocenters. The number of hydrogen-bond acceptors (Lipinski definition) is 4. The number of alkyl halides is 3. The molecule has 0 atom stereocenters. The van der Waals surface area contributed by atoms with Gasteiger partial charge in [-0.05, 0) is 36.4 Å². The fourth-order valence-corrected chi connectivity index (χ4v) is 1.83. The second-order valence-electron chi connectivity index (χ2n) is 4.24. The number of hydrogen-bond donors (Lipinski definition) is 1. The SMILES string of the molecule is N#Cc1ccc(/C(=N\N)c2ccc(OC(F)(F)F)cc2)cc1. The highest BCUT2D eigenvalue weighted by atomic mass is 19.4. The number of benzene rings is 2. The van der Waals surface area contributed by atoms with Crippen molar-refractivity contribution in [3.05, 3.63) is 65.2 Å². The van der Waals surface area contributed by atoms with E-state index < -0.39 is 6.36 Å². The van der Waals surface area contributed by atoms with Crippen LogP contribution in [-0.2, 0) is 0 Å². The number of halogens is 3. The Bertz CT molecular complexity index is 714. The maximum atomic E-state index is 12.1. The predicted molar refractivity (Wildman–Crippen MR) is 74.1 cm³/mol. The summed E-state index contributed by atoms with van der Waals surface area (Å²) in [4.78, 5) is 0. The Labute approximate surface area is 124 Å². The van der Waals surface area contributed by atoms with E-state index in [2.05, 4.69) is 9.84 Å². The Hall–Kier alpha value is -3.01. The highest BCUT2D eigenvalue weighted by molar-refractivity contribution is 6.12. The number of hydrazone groups is 1. The second-order valence-corrected chi connectivity index (χ2v) is 4.24. The quantitative estimate of drug-likeness (QED) is 0.538. The minimum atomic E-state index is -4.74. The topological polar surface area (TPSA) is 71.4 Å². The Morgan fingerprint density at radius 1 is 1.00 bits per heavy atom. The largest absolute Gasteiger partial charge is 0.573 e. The zero-order valence-corrected chi connectivity index (χ0v) is 11.1. The molecule has 0 aromatic heterocycles. The molecule has 0 fully saturated rings. The van der Waals surface area contributed by atoms with E-state index in [0.717, 1.165) is 0 Å². The molecule has 2 N–H and O–H groups in total. The van der Waals surface area contributed by atoms with Gasteiger partial charge in [-0.2, -0.15) is 10.4 Å². The van der Waals surface area contributed by atoms with Crippen LogP contribution in [0.4, 0.5) is 13.2 Å². The monoisotopic (exact) mass is 305 g/mol. The molecule has 0 aliphatic rings. The molecule has 0 heterocycles. The van der Waals surface area contributed by atoms with Crippen LogP contribution in [-0.4, -0.2) is 12.1 Å². The van der Waals surface area contributed by atoms with Crippen LogP contribution in [0, 0.1) is 11.3 Å². The number of nitriles is 1. The number of rotatable bonds is 3. The molecule has 0 amide bonds. The summed E-state index contributed by atoms with van der Waals surface area (Å²) in [5.74, 6) is 5.03. The molecule has 2 rings (SSSR count). The van der Waals surface area contributed by atoms with Crippen LogP contribution >= 0.6 is 0 Å². The maximum absolute atomic E-state index is 12.1.